The van der Waals surface area contributed by atoms with Crippen molar-refractivity contribution in [3.8, 4) is 11.4 Å². The summed E-state index contributed by atoms with van der Waals surface area (Å²) >= 11 is 9.85. The van der Waals surface area contributed by atoms with E-state index in [1.54, 1.807) is 0 Å². The number of nitrogens with zero attached hydrogens (tertiary/aromatic N) is 3. The Kier molecular flexibility index (Phi) is 3.16. The van der Waals surface area contributed by atoms with Gasteiger partial charge in [0.15, 0.2) is 5.82 Å². The van der Waals surface area contributed by atoms with Gasteiger partial charge in [-0.3, -0.25) is 0 Å². The van der Waals surface area contributed by atoms with Crippen LogP contribution in [0.25, 0.3) is 11.4 Å². The van der Waals surface area contributed by atoms with Crippen molar-refractivity contribution in [3.63, 3.8) is 0 Å². The number of hydrogen-bond donors (Lipinski definition) is 0. The minimum Gasteiger partial charge on any atom is -0.307 e. The fraction of sp³-hybridized carbons (Fsp3) is 0.385. The molecule has 1 aliphatic rings. The van der Waals surface area contributed by atoms with Gasteiger partial charge in [-0.15, -0.1) is 10.2 Å². The zero-order chi connectivity index (χ0) is 12.7. The van der Waals surface area contributed by atoms with Crippen molar-refractivity contribution in [2.75, 3.05) is 0 Å². The fourth-order valence-electron chi connectivity index (χ4n) is 2.13. The Labute approximate surface area is 119 Å². The van der Waals surface area contributed by atoms with Crippen LogP contribution in [0.15, 0.2) is 18.2 Å². The maximum atomic E-state index is 6.38. The molecule has 18 heavy (non-hydrogen) atoms. The summed E-state index contributed by atoms with van der Waals surface area (Å²) in [6.45, 7) is 2.01. The molecule has 1 aromatic carbocycles. The van der Waals surface area contributed by atoms with Gasteiger partial charge in [-0.2, -0.15) is 0 Å². The van der Waals surface area contributed by atoms with Gasteiger partial charge in [0, 0.05) is 11.6 Å². The molecular formula is C13H13BrClN3. The average Bonchev–Trinajstić information content (AvgIpc) is 3.12. The number of aromatic nitrogens is 3. The molecule has 0 N–H and O–H groups in total. The van der Waals surface area contributed by atoms with Crippen molar-refractivity contribution >= 4 is 27.5 Å². The lowest BCUT2D eigenvalue weighted by Gasteiger charge is -2.10. The second kappa shape index (κ2) is 4.67. The smallest absolute Gasteiger partial charge is 0.165 e. The van der Waals surface area contributed by atoms with Crippen LogP contribution in [-0.4, -0.2) is 14.8 Å². The van der Waals surface area contributed by atoms with Gasteiger partial charge in [0.05, 0.1) is 10.4 Å². The maximum absolute atomic E-state index is 6.38. The van der Waals surface area contributed by atoms with Gasteiger partial charge in [0.1, 0.15) is 5.82 Å². The summed E-state index contributed by atoms with van der Waals surface area (Å²) in [5.41, 5.74) is 2.04. The lowest BCUT2D eigenvalue weighted by atomic mass is 10.1. The molecule has 2 aromatic rings. The van der Waals surface area contributed by atoms with Crippen molar-refractivity contribution in [2.45, 2.75) is 31.1 Å². The lowest BCUT2D eigenvalue weighted by Crippen LogP contribution is -2.02. The quantitative estimate of drug-likeness (QED) is 0.794. The van der Waals surface area contributed by atoms with E-state index in [0.29, 0.717) is 6.04 Å². The first-order chi connectivity index (χ1) is 8.72. The molecule has 0 bridgehead atoms. The van der Waals surface area contributed by atoms with Crippen LogP contribution >= 0.6 is 27.5 Å². The van der Waals surface area contributed by atoms with E-state index in [4.69, 9.17) is 11.6 Å². The molecule has 1 aromatic heterocycles. The predicted octanol–water partition coefficient (Wildman–Crippen LogP) is 4.14. The first-order valence-corrected chi connectivity index (χ1v) is 7.47. The van der Waals surface area contributed by atoms with Crippen LogP contribution in [0.3, 0.4) is 0 Å². The molecule has 1 saturated carbocycles. The third-order valence-electron chi connectivity index (χ3n) is 3.23. The van der Waals surface area contributed by atoms with Crippen molar-refractivity contribution in [1.82, 2.24) is 14.8 Å². The molecular weight excluding hydrogens is 314 g/mol. The van der Waals surface area contributed by atoms with Gasteiger partial charge in [-0.05, 0) is 31.4 Å². The van der Waals surface area contributed by atoms with E-state index in [-0.39, 0.29) is 0 Å². The standard InChI is InChI=1S/C13H13BrClN3/c1-8-3-2-4-10(12(8)15)13-17-16-11(7-14)18(13)9-5-6-9/h2-4,9H,5-7H2,1H3. The van der Waals surface area contributed by atoms with Gasteiger partial charge in [-0.1, -0.05) is 39.7 Å². The summed E-state index contributed by atoms with van der Waals surface area (Å²) in [7, 11) is 0. The van der Waals surface area contributed by atoms with Crippen LogP contribution in [0.4, 0.5) is 0 Å². The molecule has 0 aliphatic heterocycles. The van der Waals surface area contributed by atoms with Crippen molar-refractivity contribution in [1.29, 1.82) is 0 Å². The Morgan fingerprint density at radius 2 is 2.17 bits per heavy atom. The summed E-state index contributed by atoms with van der Waals surface area (Å²) < 4.78 is 2.22. The Morgan fingerprint density at radius 1 is 1.39 bits per heavy atom. The highest BCUT2D eigenvalue weighted by Crippen LogP contribution is 2.40. The summed E-state index contributed by atoms with van der Waals surface area (Å²) in [6, 6.07) is 6.57. The van der Waals surface area contributed by atoms with Crippen LogP contribution in [0.5, 0.6) is 0 Å². The van der Waals surface area contributed by atoms with E-state index in [9.17, 15) is 0 Å². The number of aryl methyl sites for hydroxylation is 1. The van der Waals surface area contributed by atoms with Gasteiger partial charge in [-0.25, -0.2) is 0 Å². The second-order valence-corrected chi connectivity index (χ2v) is 5.55. The highest BCUT2D eigenvalue weighted by molar-refractivity contribution is 9.08. The molecule has 3 nitrogen and oxygen atoms in total. The summed E-state index contributed by atoms with van der Waals surface area (Å²) in [6.07, 6.45) is 2.41. The summed E-state index contributed by atoms with van der Waals surface area (Å²) in [5.74, 6) is 1.87. The average molecular weight is 327 g/mol. The topological polar surface area (TPSA) is 30.7 Å². The minimum absolute atomic E-state index is 0.541. The van der Waals surface area contributed by atoms with Crippen LogP contribution in [0.1, 0.15) is 30.3 Å². The van der Waals surface area contributed by atoms with Crippen LogP contribution in [0.2, 0.25) is 5.02 Å². The van der Waals surface area contributed by atoms with Gasteiger partial charge < -0.3 is 4.57 Å². The Hall–Kier alpha value is -0.870. The molecule has 0 amide bonds. The first kappa shape index (κ1) is 12.2. The largest absolute Gasteiger partial charge is 0.307 e. The Balaban J connectivity index is 2.17. The van der Waals surface area contributed by atoms with Crippen molar-refractivity contribution in [3.05, 3.63) is 34.6 Å². The number of halogens is 2. The van der Waals surface area contributed by atoms with E-state index >= 15 is 0 Å². The summed E-state index contributed by atoms with van der Waals surface area (Å²) in [4.78, 5) is 0. The Morgan fingerprint density at radius 3 is 2.83 bits per heavy atom. The monoisotopic (exact) mass is 325 g/mol. The number of rotatable bonds is 3. The Bertz CT molecular complexity index is 590. The van der Waals surface area contributed by atoms with Crippen molar-refractivity contribution < 1.29 is 0 Å². The van der Waals surface area contributed by atoms with E-state index in [1.807, 2.05) is 25.1 Å². The highest BCUT2D eigenvalue weighted by atomic mass is 79.9. The van der Waals surface area contributed by atoms with E-state index in [1.165, 1.54) is 12.8 Å². The number of benzene rings is 1. The molecule has 0 radical (unpaired) electrons. The molecule has 5 heteroatoms. The normalized spacial score (nSPS) is 15.1. The molecule has 1 aliphatic carbocycles. The van der Waals surface area contributed by atoms with Crippen molar-refractivity contribution in [2.24, 2.45) is 0 Å². The molecule has 0 atom stereocenters. The van der Waals surface area contributed by atoms with Gasteiger partial charge in [0.25, 0.3) is 0 Å². The summed E-state index contributed by atoms with van der Waals surface area (Å²) in [5, 5.41) is 10.1. The zero-order valence-corrected chi connectivity index (χ0v) is 12.4. The van der Waals surface area contributed by atoms with Gasteiger partial charge >= 0.3 is 0 Å². The SMILES string of the molecule is Cc1cccc(-c2nnc(CBr)n2C2CC2)c1Cl. The highest BCUT2D eigenvalue weighted by Gasteiger charge is 2.30. The van der Waals surface area contributed by atoms with E-state index < -0.39 is 0 Å². The number of alkyl halides is 1. The van der Waals surface area contributed by atoms with Crippen LogP contribution in [-0.2, 0) is 5.33 Å². The first-order valence-electron chi connectivity index (χ1n) is 5.97. The molecule has 1 fully saturated rings. The van der Waals surface area contributed by atoms with Gasteiger partial charge in [0.2, 0.25) is 0 Å². The number of hydrogen-bond acceptors (Lipinski definition) is 2. The second-order valence-electron chi connectivity index (χ2n) is 4.61. The zero-order valence-electron chi connectivity index (χ0n) is 10.0. The van der Waals surface area contributed by atoms with Crippen LogP contribution < -0.4 is 0 Å². The molecule has 3 rings (SSSR count). The predicted molar refractivity (Wildman–Crippen MR) is 76.1 cm³/mol. The maximum Gasteiger partial charge on any atom is 0.165 e. The lowest BCUT2D eigenvalue weighted by molar-refractivity contribution is 0.714. The molecule has 1 heterocycles. The molecule has 0 unspecified atom stereocenters. The third kappa shape index (κ3) is 1.97. The van der Waals surface area contributed by atoms with E-state index in [0.717, 1.165) is 33.1 Å². The molecule has 94 valence electrons. The fourth-order valence-corrected chi connectivity index (χ4v) is 2.73. The van der Waals surface area contributed by atoms with E-state index in [2.05, 4.69) is 30.7 Å². The molecule has 0 saturated heterocycles. The minimum atomic E-state index is 0.541. The third-order valence-corrected chi connectivity index (χ3v) is 4.23. The molecule has 0 spiro atoms. The van der Waals surface area contributed by atoms with Crippen LogP contribution in [0, 0.1) is 6.92 Å².